The van der Waals surface area contributed by atoms with Gasteiger partial charge >= 0.3 is 12.0 Å². The maximum atomic E-state index is 13.9. The van der Waals surface area contributed by atoms with E-state index in [1.165, 1.54) is 0 Å². The second-order valence-corrected chi connectivity index (χ2v) is 6.85. The molecule has 0 bridgehead atoms. The molecule has 2 rings (SSSR count). The molecule has 26 heavy (non-hydrogen) atoms. The first-order valence-electron chi connectivity index (χ1n) is 8.64. The van der Waals surface area contributed by atoms with Gasteiger partial charge in [0.15, 0.2) is 0 Å². The summed E-state index contributed by atoms with van der Waals surface area (Å²) in [5, 5.41) is 14.3. The summed E-state index contributed by atoms with van der Waals surface area (Å²) >= 11 is 0. The number of carboxylic acids is 1. The van der Waals surface area contributed by atoms with Crippen LogP contribution in [0.2, 0.25) is 0 Å². The van der Waals surface area contributed by atoms with Crippen molar-refractivity contribution < 1.29 is 23.9 Å². The van der Waals surface area contributed by atoms with Crippen LogP contribution in [0.5, 0.6) is 0 Å². The summed E-state index contributed by atoms with van der Waals surface area (Å²) in [4.78, 5) is 37.2. The average molecular weight is 365 g/mol. The largest absolute Gasteiger partial charge is 0.478 e. The molecule has 1 aromatic rings. The van der Waals surface area contributed by atoms with Crippen LogP contribution in [0.1, 0.15) is 37.0 Å². The van der Waals surface area contributed by atoms with Gasteiger partial charge in [-0.2, -0.15) is 0 Å². The number of piperidine rings is 1. The van der Waals surface area contributed by atoms with Crippen molar-refractivity contribution in [2.45, 2.75) is 26.7 Å². The summed E-state index contributed by atoms with van der Waals surface area (Å²) in [6.45, 7) is 5.35. The molecule has 3 amide bonds. The SMILES string of the molecule is CC(C)CNC(=O)N1CCCC(C(=O)Nc2cc(C(=O)O)ccc2F)C1. The number of aromatic carboxylic acids is 1. The number of amides is 3. The van der Waals surface area contributed by atoms with Crippen molar-refractivity contribution in [1.29, 1.82) is 0 Å². The van der Waals surface area contributed by atoms with Gasteiger partial charge < -0.3 is 20.6 Å². The van der Waals surface area contributed by atoms with Crippen molar-refractivity contribution in [3.05, 3.63) is 29.6 Å². The molecule has 3 N–H and O–H groups in total. The Kier molecular flexibility index (Phi) is 6.54. The lowest BCUT2D eigenvalue weighted by Crippen LogP contribution is -2.48. The smallest absolute Gasteiger partial charge is 0.335 e. The van der Waals surface area contributed by atoms with Crippen LogP contribution in [-0.4, -0.2) is 47.5 Å². The molecular weight excluding hydrogens is 341 g/mol. The number of hydrogen-bond donors (Lipinski definition) is 3. The zero-order valence-electron chi connectivity index (χ0n) is 14.9. The number of nitrogens with one attached hydrogen (secondary N) is 2. The van der Waals surface area contributed by atoms with Crippen LogP contribution in [0.15, 0.2) is 18.2 Å². The van der Waals surface area contributed by atoms with E-state index in [0.717, 1.165) is 18.2 Å². The predicted octanol–water partition coefficient (Wildman–Crippen LogP) is 2.54. The number of anilines is 1. The van der Waals surface area contributed by atoms with Gasteiger partial charge in [0.1, 0.15) is 5.82 Å². The lowest BCUT2D eigenvalue weighted by molar-refractivity contribution is -0.121. The quantitative estimate of drug-likeness (QED) is 0.747. The molecular formula is C18H24FN3O4. The Morgan fingerprint density at radius 3 is 2.73 bits per heavy atom. The Labute approximate surface area is 151 Å². The molecule has 0 spiro atoms. The van der Waals surface area contributed by atoms with E-state index in [1.54, 1.807) is 4.90 Å². The van der Waals surface area contributed by atoms with Gasteiger partial charge in [-0.1, -0.05) is 13.8 Å². The first kappa shape index (κ1) is 19.7. The number of carbonyl (C=O) groups is 3. The van der Waals surface area contributed by atoms with E-state index < -0.39 is 23.6 Å². The van der Waals surface area contributed by atoms with Gasteiger partial charge in [0.05, 0.1) is 17.2 Å². The highest BCUT2D eigenvalue weighted by molar-refractivity contribution is 5.95. The minimum absolute atomic E-state index is 0.111. The lowest BCUT2D eigenvalue weighted by Gasteiger charge is -2.32. The Bertz CT molecular complexity index is 693. The number of nitrogens with zero attached hydrogens (tertiary/aromatic N) is 1. The van der Waals surface area contributed by atoms with Crippen molar-refractivity contribution in [3.63, 3.8) is 0 Å². The van der Waals surface area contributed by atoms with E-state index in [0.29, 0.717) is 31.8 Å². The monoisotopic (exact) mass is 365 g/mol. The van der Waals surface area contributed by atoms with E-state index in [-0.39, 0.29) is 23.8 Å². The molecule has 1 aliphatic heterocycles. The third kappa shape index (κ3) is 5.18. The molecule has 8 heteroatoms. The normalized spacial score (nSPS) is 17.1. The Hall–Kier alpha value is -2.64. The van der Waals surface area contributed by atoms with E-state index in [9.17, 15) is 18.8 Å². The van der Waals surface area contributed by atoms with Crippen LogP contribution in [0.25, 0.3) is 0 Å². The van der Waals surface area contributed by atoms with Crippen LogP contribution < -0.4 is 10.6 Å². The van der Waals surface area contributed by atoms with Gasteiger partial charge in [-0.25, -0.2) is 14.0 Å². The number of likely N-dealkylation sites (tertiary alicyclic amines) is 1. The highest BCUT2D eigenvalue weighted by Crippen LogP contribution is 2.21. The van der Waals surface area contributed by atoms with Gasteiger partial charge in [-0.15, -0.1) is 0 Å². The summed E-state index contributed by atoms with van der Waals surface area (Å²) in [6.07, 6.45) is 1.25. The lowest BCUT2D eigenvalue weighted by atomic mass is 9.97. The van der Waals surface area contributed by atoms with Crippen LogP contribution in [0.3, 0.4) is 0 Å². The first-order valence-corrected chi connectivity index (χ1v) is 8.64. The molecule has 1 saturated heterocycles. The van der Waals surface area contributed by atoms with Crippen LogP contribution in [0.4, 0.5) is 14.9 Å². The number of hydrogen-bond acceptors (Lipinski definition) is 3. The van der Waals surface area contributed by atoms with E-state index in [2.05, 4.69) is 10.6 Å². The third-order valence-electron chi connectivity index (χ3n) is 4.21. The van der Waals surface area contributed by atoms with Crippen LogP contribution >= 0.6 is 0 Å². The number of urea groups is 1. The van der Waals surface area contributed by atoms with Gasteiger partial charge in [0.25, 0.3) is 0 Å². The molecule has 1 fully saturated rings. The molecule has 1 aliphatic rings. The topological polar surface area (TPSA) is 98.7 Å². The van der Waals surface area contributed by atoms with E-state index in [1.807, 2.05) is 13.8 Å². The number of halogens is 1. The molecule has 1 aromatic carbocycles. The Balaban J connectivity index is 2.00. The van der Waals surface area contributed by atoms with Crippen LogP contribution in [-0.2, 0) is 4.79 Å². The fourth-order valence-electron chi connectivity index (χ4n) is 2.77. The summed E-state index contributed by atoms with van der Waals surface area (Å²) in [6, 6.07) is 3.02. The Morgan fingerprint density at radius 2 is 2.08 bits per heavy atom. The van der Waals surface area contributed by atoms with Gasteiger partial charge in [0.2, 0.25) is 5.91 Å². The highest BCUT2D eigenvalue weighted by Gasteiger charge is 2.29. The standard InChI is InChI=1S/C18H24FN3O4/c1-11(2)9-20-18(26)22-7-3-4-13(10-22)16(23)21-15-8-12(17(24)25)5-6-14(15)19/h5-6,8,11,13H,3-4,7,9-10H2,1-2H3,(H,20,26)(H,21,23)(H,24,25). The molecule has 0 radical (unpaired) electrons. The molecule has 1 heterocycles. The minimum atomic E-state index is -1.20. The van der Waals surface area contributed by atoms with E-state index >= 15 is 0 Å². The molecule has 0 aromatic heterocycles. The van der Waals surface area contributed by atoms with Crippen molar-refractivity contribution in [2.75, 3.05) is 25.0 Å². The van der Waals surface area contributed by atoms with Crippen LogP contribution in [0, 0.1) is 17.7 Å². The second kappa shape index (κ2) is 8.64. The summed E-state index contributed by atoms with van der Waals surface area (Å²) < 4.78 is 13.9. The average Bonchev–Trinajstić information content (AvgIpc) is 2.61. The summed E-state index contributed by atoms with van der Waals surface area (Å²) in [7, 11) is 0. The first-order chi connectivity index (χ1) is 12.3. The number of carboxylic acid groups (broad SMARTS) is 1. The zero-order chi connectivity index (χ0) is 19.3. The second-order valence-electron chi connectivity index (χ2n) is 6.85. The zero-order valence-corrected chi connectivity index (χ0v) is 14.9. The molecule has 142 valence electrons. The maximum absolute atomic E-state index is 13.9. The highest BCUT2D eigenvalue weighted by atomic mass is 19.1. The number of benzene rings is 1. The molecule has 0 saturated carbocycles. The minimum Gasteiger partial charge on any atom is -0.478 e. The Morgan fingerprint density at radius 1 is 1.35 bits per heavy atom. The maximum Gasteiger partial charge on any atom is 0.335 e. The third-order valence-corrected chi connectivity index (χ3v) is 4.21. The summed E-state index contributed by atoms with van der Waals surface area (Å²) in [5.74, 6) is -2.47. The van der Waals surface area contributed by atoms with Gasteiger partial charge in [-0.05, 0) is 37.0 Å². The van der Waals surface area contributed by atoms with Crippen molar-refractivity contribution in [1.82, 2.24) is 10.2 Å². The van der Waals surface area contributed by atoms with Crippen molar-refractivity contribution in [2.24, 2.45) is 11.8 Å². The molecule has 0 aliphatic carbocycles. The molecule has 1 atom stereocenters. The fraction of sp³-hybridized carbons (Fsp3) is 0.500. The number of carbonyl (C=O) groups excluding carboxylic acids is 2. The molecule has 7 nitrogen and oxygen atoms in total. The van der Waals surface area contributed by atoms with Crippen molar-refractivity contribution >= 4 is 23.6 Å². The van der Waals surface area contributed by atoms with Gasteiger partial charge in [-0.3, -0.25) is 4.79 Å². The molecule has 1 unspecified atom stereocenters. The summed E-state index contributed by atoms with van der Waals surface area (Å²) in [5.41, 5.74) is -0.281. The van der Waals surface area contributed by atoms with Crippen molar-refractivity contribution in [3.8, 4) is 0 Å². The fourth-order valence-corrected chi connectivity index (χ4v) is 2.77. The van der Waals surface area contributed by atoms with E-state index in [4.69, 9.17) is 5.11 Å². The number of rotatable bonds is 5. The predicted molar refractivity (Wildman–Crippen MR) is 94.5 cm³/mol. The van der Waals surface area contributed by atoms with Gasteiger partial charge in [0, 0.05) is 19.6 Å².